The number of carboxylic acids is 1. The van der Waals surface area contributed by atoms with Crippen LogP contribution in [0.25, 0.3) is 0 Å². The Bertz CT molecular complexity index is 1010. The Balaban J connectivity index is 1.69. The van der Waals surface area contributed by atoms with E-state index in [0.29, 0.717) is 30.5 Å². The minimum atomic E-state index is -1.32. The fraction of sp³-hybridized carbons (Fsp3) is 0.500. The predicted molar refractivity (Wildman–Crippen MR) is 133 cm³/mol. The fourth-order valence-electron chi connectivity index (χ4n) is 4.24. The first-order valence-corrected chi connectivity index (χ1v) is 12.0. The first-order chi connectivity index (χ1) is 15.9. The molecule has 0 spiro atoms. The number of carbonyl (C=O) groups is 2. The first kappa shape index (κ1) is 25.6. The van der Waals surface area contributed by atoms with Gasteiger partial charge in [-0.25, -0.2) is 4.79 Å². The summed E-state index contributed by atoms with van der Waals surface area (Å²) in [6.45, 7) is 12.3. The lowest BCUT2D eigenvalue weighted by atomic mass is 9.89. The van der Waals surface area contributed by atoms with Crippen LogP contribution < -0.4 is 9.47 Å². The molecule has 0 bridgehead atoms. The number of carbonyl (C=O) groups excluding carboxylic acids is 1. The number of carboxylic acid groups (broad SMARTS) is 1. The number of likely N-dealkylation sites (tertiary alicyclic amines) is 1. The highest BCUT2D eigenvalue weighted by atomic mass is 16.5. The highest BCUT2D eigenvalue weighted by Gasteiger charge is 2.37. The molecule has 0 aromatic heterocycles. The molecule has 2 aromatic rings. The maximum Gasteiger partial charge on any atom is 0.347 e. The van der Waals surface area contributed by atoms with E-state index >= 15 is 0 Å². The molecule has 1 atom stereocenters. The van der Waals surface area contributed by atoms with Crippen molar-refractivity contribution >= 4 is 11.9 Å². The number of amides is 1. The van der Waals surface area contributed by atoms with Crippen LogP contribution in [0.2, 0.25) is 0 Å². The van der Waals surface area contributed by atoms with Crippen molar-refractivity contribution in [3.8, 4) is 11.5 Å². The second-order valence-corrected chi connectivity index (χ2v) is 10.4. The lowest BCUT2D eigenvalue weighted by molar-refractivity contribution is -0.152. The van der Waals surface area contributed by atoms with Crippen LogP contribution >= 0.6 is 0 Å². The molecule has 6 heteroatoms. The van der Waals surface area contributed by atoms with Gasteiger partial charge < -0.3 is 19.5 Å². The van der Waals surface area contributed by atoms with E-state index in [-0.39, 0.29) is 11.8 Å². The normalized spacial score (nSPS) is 16.9. The lowest BCUT2D eigenvalue weighted by Crippen LogP contribution is -2.51. The Morgan fingerprint density at radius 2 is 1.62 bits per heavy atom. The summed E-state index contributed by atoms with van der Waals surface area (Å²) in [7, 11) is 0. The molecule has 1 unspecified atom stereocenters. The van der Waals surface area contributed by atoms with E-state index in [9.17, 15) is 14.7 Å². The third kappa shape index (κ3) is 6.10. The minimum absolute atomic E-state index is 0.0375. The molecule has 184 valence electrons. The highest BCUT2D eigenvalue weighted by Crippen LogP contribution is 2.32. The highest BCUT2D eigenvalue weighted by molar-refractivity contribution is 5.85. The summed E-state index contributed by atoms with van der Waals surface area (Å²) in [6.07, 6.45) is 1.84. The minimum Gasteiger partial charge on any atom is -0.478 e. The van der Waals surface area contributed by atoms with Crippen LogP contribution in [-0.4, -0.2) is 46.2 Å². The largest absolute Gasteiger partial charge is 0.478 e. The summed E-state index contributed by atoms with van der Waals surface area (Å²) in [4.78, 5) is 26.7. The van der Waals surface area contributed by atoms with Crippen molar-refractivity contribution in [2.75, 3.05) is 13.1 Å². The van der Waals surface area contributed by atoms with Gasteiger partial charge in [0.2, 0.25) is 0 Å². The molecule has 1 aliphatic heterocycles. The van der Waals surface area contributed by atoms with Crippen LogP contribution in [0.5, 0.6) is 11.5 Å². The topological polar surface area (TPSA) is 76.1 Å². The Kier molecular flexibility index (Phi) is 7.59. The van der Waals surface area contributed by atoms with E-state index in [0.717, 1.165) is 18.4 Å². The van der Waals surface area contributed by atoms with E-state index in [4.69, 9.17) is 9.47 Å². The van der Waals surface area contributed by atoms with Gasteiger partial charge in [-0.2, -0.15) is 0 Å². The summed E-state index contributed by atoms with van der Waals surface area (Å²) in [6, 6.07) is 15.5. The van der Waals surface area contributed by atoms with Gasteiger partial charge in [-0.15, -0.1) is 0 Å². The number of piperidine rings is 1. The third-order valence-electron chi connectivity index (χ3n) is 6.36. The van der Waals surface area contributed by atoms with Crippen LogP contribution in [0, 0.1) is 0 Å². The van der Waals surface area contributed by atoms with Crippen molar-refractivity contribution in [1.29, 1.82) is 0 Å². The smallest absolute Gasteiger partial charge is 0.347 e. The SMILES string of the molecule is CC(C)c1ccc(OC(C)(C)C(=O)N2CCCC(c3cccc(OC(C)(C)C(=O)O)c3)C2)cc1. The van der Waals surface area contributed by atoms with Gasteiger partial charge in [-0.3, -0.25) is 4.79 Å². The maximum atomic E-state index is 13.4. The van der Waals surface area contributed by atoms with Gasteiger partial charge in [0.05, 0.1) is 0 Å². The quantitative estimate of drug-likeness (QED) is 0.546. The van der Waals surface area contributed by atoms with Crippen LogP contribution in [0.3, 0.4) is 0 Å². The van der Waals surface area contributed by atoms with Gasteiger partial charge in [0.15, 0.2) is 11.2 Å². The Morgan fingerprint density at radius 3 is 2.24 bits per heavy atom. The summed E-state index contributed by atoms with van der Waals surface area (Å²) in [5.41, 5.74) is -0.0351. The number of ether oxygens (including phenoxy) is 2. The van der Waals surface area contributed by atoms with Crippen molar-refractivity contribution in [3.05, 3.63) is 59.7 Å². The number of hydrogen-bond acceptors (Lipinski definition) is 4. The van der Waals surface area contributed by atoms with Gasteiger partial charge in [-0.05, 0) is 81.8 Å². The van der Waals surface area contributed by atoms with Crippen molar-refractivity contribution in [1.82, 2.24) is 4.90 Å². The zero-order valence-corrected chi connectivity index (χ0v) is 21.1. The average Bonchev–Trinajstić information content (AvgIpc) is 2.78. The van der Waals surface area contributed by atoms with Gasteiger partial charge in [-0.1, -0.05) is 38.1 Å². The molecule has 1 amide bonds. The molecule has 1 saturated heterocycles. The molecular weight excluding hydrogens is 430 g/mol. The molecule has 1 fully saturated rings. The zero-order chi connectivity index (χ0) is 25.1. The molecule has 0 radical (unpaired) electrons. The van der Waals surface area contributed by atoms with Gasteiger partial charge in [0.1, 0.15) is 11.5 Å². The molecule has 6 nitrogen and oxygen atoms in total. The number of hydrogen-bond donors (Lipinski definition) is 1. The first-order valence-electron chi connectivity index (χ1n) is 12.0. The average molecular weight is 468 g/mol. The molecule has 3 rings (SSSR count). The van der Waals surface area contributed by atoms with Gasteiger partial charge in [0, 0.05) is 19.0 Å². The predicted octanol–water partition coefficient (Wildman–Crippen LogP) is 5.62. The molecule has 1 N–H and O–H groups in total. The van der Waals surface area contributed by atoms with Crippen LogP contribution in [-0.2, 0) is 9.59 Å². The van der Waals surface area contributed by atoms with Crippen molar-refractivity contribution in [3.63, 3.8) is 0 Å². The van der Waals surface area contributed by atoms with Crippen molar-refractivity contribution < 1.29 is 24.2 Å². The van der Waals surface area contributed by atoms with E-state index in [2.05, 4.69) is 13.8 Å². The molecule has 34 heavy (non-hydrogen) atoms. The maximum absolute atomic E-state index is 13.4. The monoisotopic (exact) mass is 467 g/mol. The fourth-order valence-corrected chi connectivity index (χ4v) is 4.24. The third-order valence-corrected chi connectivity index (χ3v) is 6.36. The molecule has 0 saturated carbocycles. The van der Waals surface area contributed by atoms with Gasteiger partial charge >= 0.3 is 5.97 Å². The summed E-state index contributed by atoms with van der Waals surface area (Å²) < 4.78 is 11.8. The number of benzene rings is 2. The Labute approximate surface area is 202 Å². The van der Waals surface area contributed by atoms with E-state index < -0.39 is 17.2 Å². The molecular formula is C28H37NO5. The molecule has 2 aromatic carbocycles. The summed E-state index contributed by atoms with van der Waals surface area (Å²) in [5.74, 6) is 0.727. The van der Waals surface area contributed by atoms with E-state index in [1.165, 1.54) is 19.4 Å². The van der Waals surface area contributed by atoms with Crippen molar-refractivity contribution in [2.45, 2.75) is 77.4 Å². The summed E-state index contributed by atoms with van der Waals surface area (Å²) in [5, 5.41) is 9.36. The van der Waals surface area contributed by atoms with Gasteiger partial charge in [0.25, 0.3) is 5.91 Å². The molecule has 1 aliphatic rings. The Morgan fingerprint density at radius 1 is 0.971 bits per heavy atom. The summed E-state index contributed by atoms with van der Waals surface area (Å²) >= 11 is 0. The van der Waals surface area contributed by atoms with Crippen molar-refractivity contribution in [2.24, 2.45) is 0 Å². The second kappa shape index (κ2) is 10.1. The Hall–Kier alpha value is -3.02. The number of aliphatic carboxylic acids is 1. The van der Waals surface area contributed by atoms with Crippen LogP contribution in [0.15, 0.2) is 48.5 Å². The van der Waals surface area contributed by atoms with Crippen LogP contribution in [0.4, 0.5) is 0 Å². The number of nitrogens with zero attached hydrogens (tertiary/aromatic N) is 1. The molecule has 1 heterocycles. The lowest BCUT2D eigenvalue weighted by Gasteiger charge is -2.38. The van der Waals surface area contributed by atoms with E-state index in [1.54, 1.807) is 6.07 Å². The van der Waals surface area contributed by atoms with Crippen LogP contribution in [0.1, 0.15) is 77.3 Å². The standard InChI is InChI=1S/C28H37NO5/c1-19(2)20-12-14-23(15-13-20)33-27(3,4)25(30)29-16-8-10-22(18-29)21-9-7-11-24(17-21)34-28(5,6)26(31)32/h7,9,11-15,17,19,22H,8,10,16,18H2,1-6H3,(H,31,32). The second-order valence-electron chi connectivity index (χ2n) is 10.4. The number of rotatable bonds is 8. The zero-order valence-electron chi connectivity index (χ0n) is 21.1. The molecule has 0 aliphatic carbocycles. The van der Waals surface area contributed by atoms with E-state index in [1.807, 2.05) is 61.2 Å².